The minimum Gasteiger partial charge on any atom is -0.356 e. The van der Waals surface area contributed by atoms with E-state index in [1.807, 2.05) is 18.2 Å². The van der Waals surface area contributed by atoms with Gasteiger partial charge in [-0.3, -0.25) is 4.79 Å². The van der Waals surface area contributed by atoms with Crippen LogP contribution in [0.1, 0.15) is 41.6 Å². The molecular formula is C26H28N8O. The summed E-state index contributed by atoms with van der Waals surface area (Å²) in [6.07, 6.45) is 7.54. The van der Waals surface area contributed by atoms with Crippen molar-refractivity contribution in [1.82, 2.24) is 25.6 Å². The zero-order chi connectivity index (χ0) is 24.0. The summed E-state index contributed by atoms with van der Waals surface area (Å²) in [4.78, 5) is 28.4. The van der Waals surface area contributed by atoms with Gasteiger partial charge < -0.3 is 20.9 Å². The normalized spacial score (nSPS) is 16.0. The number of piperidine rings is 1. The van der Waals surface area contributed by atoms with Crippen molar-refractivity contribution in [3.63, 3.8) is 0 Å². The van der Waals surface area contributed by atoms with E-state index in [1.54, 1.807) is 30.6 Å². The molecule has 0 bridgehead atoms. The van der Waals surface area contributed by atoms with Gasteiger partial charge in [-0.1, -0.05) is 6.07 Å². The molecule has 4 heterocycles. The highest BCUT2D eigenvalue weighted by molar-refractivity contribution is 5.95. The minimum absolute atomic E-state index is 0.0802. The summed E-state index contributed by atoms with van der Waals surface area (Å²) in [5, 5.41) is 19.3. The monoisotopic (exact) mass is 468 g/mol. The highest BCUT2D eigenvalue weighted by Gasteiger charge is 2.19. The molecule has 178 valence electrons. The summed E-state index contributed by atoms with van der Waals surface area (Å²) < 4.78 is 0. The lowest BCUT2D eigenvalue weighted by molar-refractivity contribution is 0.0929. The fourth-order valence-electron chi connectivity index (χ4n) is 4.54. The average Bonchev–Trinajstić information content (AvgIpc) is 3.44. The van der Waals surface area contributed by atoms with E-state index >= 15 is 0 Å². The van der Waals surface area contributed by atoms with Crippen LogP contribution < -0.4 is 20.9 Å². The SMILES string of the molecule is N#Cc1cc(-c2ccnc(Nc3cccc(C(=O)NC4CCNCC4)c3)n2)cnc1N1CCCC1. The molecule has 5 rings (SSSR count). The van der Waals surface area contributed by atoms with E-state index in [9.17, 15) is 10.1 Å². The van der Waals surface area contributed by atoms with Crippen LogP contribution in [-0.4, -0.2) is 53.1 Å². The molecule has 0 unspecified atom stereocenters. The molecule has 2 aliphatic rings. The Balaban J connectivity index is 1.31. The Morgan fingerprint density at radius 3 is 2.74 bits per heavy atom. The van der Waals surface area contributed by atoms with E-state index in [4.69, 9.17) is 0 Å². The van der Waals surface area contributed by atoms with Crippen molar-refractivity contribution in [3.8, 4) is 17.3 Å². The van der Waals surface area contributed by atoms with Gasteiger partial charge >= 0.3 is 0 Å². The average molecular weight is 469 g/mol. The third-order valence-corrected chi connectivity index (χ3v) is 6.40. The standard InChI is InChI=1S/C26H28N8O/c27-16-19-14-20(17-30-24(19)34-12-1-2-13-34)23-8-11-29-26(33-23)32-22-5-3-4-18(15-22)25(35)31-21-6-9-28-10-7-21/h3-5,8,11,14-15,17,21,28H,1-2,6-7,9-10,12-13H2,(H,31,35)(H,29,32,33). The second-order valence-electron chi connectivity index (χ2n) is 8.87. The van der Waals surface area contributed by atoms with Gasteiger partial charge in [0.15, 0.2) is 0 Å². The molecule has 1 amide bonds. The van der Waals surface area contributed by atoms with E-state index in [-0.39, 0.29) is 11.9 Å². The first-order valence-electron chi connectivity index (χ1n) is 12.1. The van der Waals surface area contributed by atoms with E-state index in [1.165, 1.54) is 0 Å². The summed E-state index contributed by atoms with van der Waals surface area (Å²) >= 11 is 0. The molecule has 9 nitrogen and oxygen atoms in total. The highest BCUT2D eigenvalue weighted by Crippen LogP contribution is 2.27. The van der Waals surface area contributed by atoms with Gasteiger partial charge in [0.25, 0.3) is 5.91 Å². The van der Waals surface area contributed by atoms with Gasteiger partial charge in [-0.25, -0.2) is 15.0 Å². The number of aromatic nitrogens is 3. The molecule has 0 spiro atoms. The van der Waals surface area contributed by atoms with Crippen molar-refractivity contribution in [2.24, 2.45) is 0 Å². The van der Waals surface area contributed by atoms with Crippen LogP contribution in [0.25, 0.3) is 11.3 Å². The highest BCUT2D eigenvalue weighted by atomic mass is 16.1. The van der Waals surface area contributed by atoms with Crippen LogP contribution in [0, 0.1) is 11.3 Å². The summed E-state index contributed by atoms with van der Waals surface area (Å²) in [5.41, 5.74) is 3.28. The number of rotatable bonds is 6. The van der Waals surface area contributed by atoms with Gasteiger partial charge in [0.1, 0.15) is 11.9 Å². The van der Waals surface area contributed by atoms with Gasteiger partial charge in [-0.15, -0.1) is 0 Å². The molecule has 2 aromatic heterocycles. The van der Waals surface area contributed by atoms with Crippen molar-refractivity contribution in [2.75, 3.05) is 36.4 Å². The largest absolute Gasteiger partial charge is 0.356 e. The smallest absolute Gasteiger partial charge is 0.251 e. The lowest BCUT2D eigenvalue weighted by Crippen LogP contribution is -2.42. The van der Waals surface area contributed by atoms with Gasteiger partial charge in [0.2, 0.25) is 5.95 Å². The Labute approximate surface area is 204 Å². The molecule has 0 saturated carbocycles. The Bertz CT molecular complexity index is 1240. The predicted molar refractivity (Wildman–Crippen MR) is 135 cm³/mol. The maximum atomic E-state index is 12.7. The number of anilines is 3. The molecule has 0 radical (unpaired) electrons. The van der Waals surface area contributed by atoms with Gasteiger partial charge in [-0.05, 0) is 69.1 Å². The molecular weight excluding hydrogens is 440 g/mol. The summed E-state index contributed by atoms with van der Waals surface area (Å²) in [5.74, 6) is 1.06. The van der Waals surface area contributed by atoms with Crippen molar-refractivity contribution in [2.45, 2.75) is 31.7 Å². The van der Waals surface area contributed by atoms with E-state index in [2.05, 4.69) is 41.9 Å². The first-order chi connectivity index (χ1) is 17.2. The number of nitrogens with zero attached hydrogens (tertiary/aromatic N) is 5. The molecule has 0 aliphatic carbocycles. The summed E-state index contributed by atoms with van der Waals surface area (Å²) in [6, 6.07) is 13.4. The number of amides is 1. The molecule has 2 saturated heterocycles. The number of pyridine rings is 1. The topological polar surface area (TPSA) is 119 Å². The Morgan fingerprint density at radius 2 is 1.94 bits per heavy atom. The number of benzene rings is 1. The van der Waals surface area contributed by atoms with Crippen molar-refractivity contribution < 1.29 is 4.79 Å². The summed E-state index contributed by atoms with van der Waals surface area (Å²) in [6.45, 7) is 3.70. The quantitative estimate of drug-likeness (QED) is 0.505. The number of hydrogen-bond donors (Lipinski definition) is 3. The molecule has 9 heteroatoms. The molecule has 2 fully saturated rings. The first kappa shape index (κ1) is 22.7. The van der Waals surface area contributed by atoms with Crippen LogP contribution in [0.15, 0.2) is 48.8 Å². The van der Waals surface area contributed by atoms with Crippen molar-refractivity contribution in [3.05, 3.63) is 59.9 Å². The number of hydrogen-bond acceptors (Lipinski definition) is 8. The fraction of sp³-hybridized carbons (Fsp3) is 0.346. The molecule has 35 heavy (non-hydrogen) atoms. The van der Waals surface area contributed by atoms with Crippen LogP contribution >= 0.6 is 0 Å². The third kappa shape index (κ3) is 5.39. The van der Waals surface area contributed by atoms with E-state index in [0.29, 0.717) is 22.8 Å². The minimum atomic E-state index is -0.0802. The zero-order valence-electron chi connectivity index (χ0n) is 19.5. The van der Waals surface area contributed by atoms with Crippen LogP contribution in [0.4, 0.5) is 17.5 Å². The molecule has 0 atom stereocenters. The zero-order valence-corrected chi connectivity index (χ0v) is 19.5. The van der Waals surface area contributed by atoms with Crippen molar-refractivity contribution >= 4 is 23.4 Å². The third-order valence-electron chi connectivity index (χ3n) is 6.40. The maximum absolute atomic E-state index is 12.7. The lowest BCUT2D eigenvalue weighted by atomic mass is 10.1. The van der Waals surface area contributed by atoms with Gasteiger partial charge in [0.05, 0.1) is 11.3 Å². The number of carbonyl (C=O) groups is 1. The Hall–Kier alpha value is -4.03. The predicted octanol–water partition coefficient (Wildman–Crippen LogP) is 3.24. The Morgan fingerprint density at radius 1 is 1.11 bits per heavy atom. The van der Waals surface area contributed by atoms with E-state index in [0.717, 1.165) is 68.9 Å². The van der Waals surface area contributed by atoms with Crippen molar-refractivity contribution in [1.29, 1.82) is 5.26 Å². The van der Waals surface area contributed by atoms with Gasteiger partial charge in [0, 0.05) is 48.3 Å². The molecule has 3 N–H and O–H groups in total. The maximum Gasteiger partial charge on any atom is 0.251 e. The second-order valence-corrected chi connectivity index (χ2v) is 8.87. The molecule has 2 aliphatic heterocycles. The lowest BCUT2D eigenvalue weighted by Gasteiger charge is -2.23. The fourth-order valence-corrected chi connectivity index (χ4v) is 4.54. The summed E-state index contributed by atoms with van der Waals surface area (Å²) in [7, 11) is 0. The molecule has 1 aromatic carbocycles. The van der Waals surface area contributed by atoms with Gasteiger partial charge in [-0.2, -0.15) is 5.26 Å². The second kappa shape index (κ2) is 10.5. The Kier molecular flexibility index (Phi) is 6.82. The van der Waals surface area contributed by atoms with Crippen LogP contribution in [-0.2, 0) is 0 Å². The van der Waals surface area contributed by atoms with E-state index < -0.39 is 0 Å². The first-order valence-corrected chi connectivity index (χ1v) is 12.1. The number of nitrogens with one attached hydrogen (secondary N) is 3. The van der Waals surface area contributed by atoms with Crippen LogP contribution in [0.3, 0.4) is 0 Å². The van der Waals surface area contributed by atoms with Crippen LogP contribution in [0.2, 0.25) is 0 Å². The molecule has 3 aromatic rings. The number of nitriles is 1. The number of carbonyl (C=O) groups excluding carboxylic acids is 1. The van der Waals surface area contributed by atoms with Crippen LogP contribution in [0.5, 0.6) is 0 Å².